The Hall–Kier alpha value is -1.95. The first-order valence-corrected chi connectivity index (χ1v) is 7.39. The summed E-state index contributed by atoms with van der Waals surface area (Å²) in [5.41, 5.74) is 8.12. The molecule has 1 fully saturated rings. The van der Waals surface area contributed by atoms with Gasteiger partial charge in [-0.3, -0.25) is 4.79 Å². The van der Waals surface area contributed by atoms with Gasteiger partial charge in [0.15, 0.2) is 0 Å². The van der Waals surface area contributed by atoms with Gasteiger partial charge in [0.2, 0.25) is 5.91 Å². The van der Waals surface area contributed by atoms with Gasteiger partial charge in [0.25, 0.3) is 0 Å². The molecule has 1 aliphatic rings. The number of alkyl carbamates (subject to hydrolysis) is 1. The number of amides is 2. The molecular formula is C14H25N5O3. The second kappa shape index (κ2) is 7.35. The van der Waals surface area contributed by atoms with Crippen LogP contribution in [0.5, 0.6) is 0 Å². The lowest BCUT2D eigenvalue weighted by Crippen LogP contribution is -2.49. The number of nitrogens with zero attached hydrogens (tertiary/aromatic N) is 4. The summed E-state index contributed by atoms with van der Waals surface area (Å²) in [6.45, 7) is 5.35. The maximum Gasteiger partial charge on any atom is 0.407 e. The highest BCUT2D eigenvalue weighted by Crippen LogP contribution is 2.28. The fourth-order valence-electron chi connectivity index (χ4n) is 2.56. The summed E-state index contributed by atoms with van der Waals surface area (Å²) in [6, 6.07) is -0.753. The van der Waals surface area contributed by atoms with Crippen molar-refractivity contribution < 1.29 is 14.3 Å². The molecule has 1 N–H and O–H groups in total. The van der Waals surface area contributed by atoms with Crippen LogP contribution in [0.4, 0.5) is 4.79 Å². The van der Waals surface area contributed by atoms with Crippen LogP contribution in [-0.4, -0.2) is 48.7 Å². The molecule has 124 valence electrons. The van der Waals surface area contributed by atoms with Gasteiger partial charge >= 0.3 is 6.09 Å². The Kier molecular flexibility index (Phi) is 6.05. The SMILES string of the molecule is CN(C)C(=O)[C@H]1CC[C@H](NC(=O)OC(C)(C)C)[C@H](N=[N+]=[N-])C1. The minimum atomic E-state index is -0.587. The van der Waals surface area contributed by atoms with Crippen LogP contribution in [-0.2, 0) is 9.53 Å². The van der Waals surface area contributed by atoms with E-state index in [1.807, 2.05) is 0 Å². The summed E-state index contributed by atoms with van der Waals surface area (Å²) in [5, 5.41) is 6.49. The van der Waals surface area contributed by atoms with Gasteiger partial charge in [0, 0.05) is 31.0 Å². The third-order valence-electron chi connectivity index (χ3n) is 3.51. The molecule has 1 rings (SSSR count). The molecule has 0 saturated heterocycles. The highest BCUT2D eigenvalue weighted by molar-refractivity contribution is 5.78. The Morgan fingerprint density at radius 3 is 2.45 bits per heavy atom. The lowest BCUT2D eigenvalue weighted by atomic mass is 9.82. The number of carbonyl (C=O) groups is 2. The van der Waals surface area contributed by atoms with E-state index in [1.54, 1.807) is 39.8 Å². The fraction of sp³-hybridized carbons (Fsp3) is 0.857. The number of nitrogens with one attached hydrogen (secondary N) is 1. The van der Waals surface area contributed by atoms with Crippen LogP contribution >= 0.6 is 0 Å². The second-order valence-electron chi connectivity index (χ2n) is 6.77. The normalized spacial score (nSPS) is 24.9. The van der Waals surface area contributed by atoms with Crippen LogP contribution in [0, 0.1) is 5.92 Å². The number of rotatable bonds is 3. The van der Waals surface area contributed by atoms with Crippen molar-refractivity contribution in [2.45, 2.75) is 57.7 Å². The number of ether oxygens (including phenoxy) is 1. The fourth-order valence-corrected chi connectivity index (χ4v) is 2.56. The zero-order valence-corrected chi connectivity index (χ0v) is 13.9. The Morgan fingerprint density at radius 1 is 1.32 bits per heavy atom. The molecule has 1 aliphatic carbocycles. The third kappa shape index (κ3) is 5.44. The number of hydrogen-bond acceptors (Lipinski definition) is 4. The first-order chi connectivity index (χ1) is 10.1. The van der Waals surface area contributed by atoms with E-state index in [0.29, 0.717) is 19.3 Å². The quantitative estimate of drug-likeness (QED) is 0.491. The van der Waals surface area contributed by atoms with Crippen LogP contribution in [0.1, 0.15) is 40.0 Å². The molecule has 0 spiro atoms. The van der Waals surface area contributed by atoms with E-state index in [-0.39, 0.29) is 17.9 Å². The predicted molar refractivity (Wildman–Crippen MR) is 82.1 cm³/mol. The van der Waals surface area contributed by atoms with Crippen molar-refractivity contribution in [1.29, 1.82) is 0 Å². The molecule has 8 nitrogen and oxygen atoms in total. The van der Waals surface area contributed by atoms with Gasteiger partial charge in [-0.1, -0.05) is 5.11 Å². The largest absolute Gasteiger partial charge is 0.444 e. The summed E-state index contributed by atoms with van der Waals surface area (Å²) in [4.78, 5) is 28.3. The molecule has 8 heteroatoms. The van der Waals surface area contributed by atoms with E-state index in [9.17, 15) is 9.59 Å². The smallest absolute Gasteiger partial charge is 0.407 e. The van der Waals surface area contributed by atoms with Gasteiger partial charge in [-0.05, 0) is 45.6 Å². The van der Waals surface area contributed by atoms with E-state index in [1.165, 1.54) is 0 Å². The molecule has 0 heterocycles. The van der Waals surface area contributed by atoms with Gasteiger partial charge in [-0.2, -0.15) is 0 Å². The van der Waals surface area contributed by atoms with Crippen molar-refractivity contribution >= 4 is 12.0 Å². The summed E-state index contributed by atoms with van der Waals surface area (Å²) >= 11 is 0. The molecule has 0 aromatic carbocycles. The van der Waals surface area contributed by atoms with Gasteiger partial charge in [0.1, 0.15) is 5.60 Å². The summed E-state index contributed by atoms with van der Waals surface area (Å²) in [5.74, 6) is -0.156. The maximum absolute atomic E-state index is 12.0. The molecular weight excluding hydrogens is 286 g/mol. The van der Waals surface area contributed by atoms with Gasteiger partial charge in [-0.25, -0.2) is 4.79 Å². The van der Waals surface area contributed by atoms with Crippen LogP contribution in [0.3, 0.4) is 0 Å². The van der Waals surface area contributed by atoms with E-state index in [0.717, 1.165) is 0 Å². The Morgan fingerprint density at radius 2 is 1.95 bits per heavy atom. The van der Waals surface area contributed by atoms with Crippen molar-refractivity contribution in [2.24, 2.45) is 11.0 Å². The predicted octanol–water partition coefficient (Wildman–Crippen LogP) is 2.45. The Labute approximate surface area is 130 Å². The average molecular weight is 311 g/mol. The molecule has 22 heavy (non-hydrogen) atoms. The number of carbonyl (C=O) groups excluding carboxylic acids is 2. The lowest BCUT2D eigenvalue weighted by molar-refractivity contribution is -0.134. The monoisotopic (exact) mass is 311 g/mol. The summed E-state index contributed by atoms with van der Waals surface area (Å²) in [6.07, 6.45) is 1.12. The zero-order chi connectivity index (χ0) is 16.9. The Bertz CT molecular complexity index is 466. The standard InChI is InChI=1S/C14H25N5O3/c1-14(2,3)22-13(21)16-10-7-6-9(12(20)19(4)5)8-11(10)17-18-15/h9-11H,6-8H2,1-5H3,(H,16,21)/t9-,10-,11+/m0/s1. The molecule has 1 saturated carbocycles. The van der Waals surface area contributed by atoms with Crippen molar-refractivity contribution in [3.63, 3.8) is 0 Å². The van der Waals surface area contributed by atoms with E-state index in [2.05, 4.69) is 15.3 Å². The maximum atomic E-state index is 12.0. The highest BCUT2D eigenvalue weighted by atomic mass is 16.6. The topological polar surface area (TPSA) is 107 Å². The first-order valence-electron chi connectivity index (χ1n) is 7.39. The molecule has 0 aromatic heterocycles. The van der Waals surface area contributed by atoms with Crippen molar-refractivity contribution in [1.82, 2.24) is 10.2 Å². The van der Waals surface area contributed by atoms with E-state index in [4.69, 9.17) is 10.3 Å². The van der Waals surface area contributed by atoms with Crippen LogP contribution in [0.25, 0.3) is 10.4 Å². The van der Waals surface area contributed by atoms with Gasteiger partial charge < -0.3 is 15.0 Å². The van der Waals surface area contributed by atoms with Crippen molar-refractivity contribution in [3.05, 3.63) is 10.4 Å². The van der Waals surface area contributed by atoms with Crippen LogP contribution < -0.4 is 5.32 Å². The summed E-state index contributed by atoms with van der Waals surface area (Å²) in [7, 11) is 3.41. The molecule has 2 amide bonds. The zero-order valence-electron chi connectivity index (χ0n) is 13.9. The lowest BCUT2D eigenvalue weighted by Gasteiger charge is -2.34. The third-order valence-corrected chi connectivity index (χ3v) is 3.51. The average Bonchev–Trinajstić information content (AvgIpc) is 2.37. The highest BCUT2D eigenvalue weighted by Gasteiger charge is 2.35. The van der Waals surface area contributed by atoms with Crippen molar-refractivity contribution in [2.75, 3.05) is 14.1 Å². The van der Waals surface area contributed by atoms with E-state index < -0.39 is 17.7 Å². The minimum Gasteiger partial charge on any atom is -0.444 e. The van der Waals surface area contributed by atoms with E-state index >= 15 is 0 Å². The van der Waals surface area contributed by atoms with Crippen LogP contribution in [0.15, 0.2) is 5.11 Å². The first kappa shape index (κ1) is 18.1. The number of azide groups is 1. The second-order valence-corrected chi connectivity index (χ2v) is 6.77. The van der Waals surface area contributed by atoms with Crippen LogP contribution in [0.2, 0.25) is 0 Å². The number of hydrogen-bond donors (Lipinski definition) is 1. The molecule has 3 atom stereocenters. The molecule has 0 aliphatic heterocycles. The van der Waals surface area contributed by atoms with Gasteiger partial charge in [-0.15, -0.1) is 0 Å². The molecule has 0 unspecified atom stereocenters. The molecule has 0 radical (unpaired) electrons. The molecule has 0 bridgehead atoms. The Balaban J connectivity index is 2.71. The molecule has 0 aromatic rings. The van der Waals surface area contributed by atoms with Gasteiger partial charge in [0.05, 0.1) is 6.04 Å². The van der Waals surface area contributed by atoms with Crippen molar-refractivity contribution in [3.8, 4) is 0 Å². The summed E-state index contributed by atoms with van der Waals surface area (Å²) < 4.78 is 5.22. The minimum absolute atomic E-state index is 0.0221.